The number of nitrogen functional groups attached to an aromatic ring is 1. The summed E-state index contributed by atoms with van der Waals surface area (Å²) in [6.07, 6.45) is 3.44. The molecule has 0 atom stereocenters. The number of anilines is 1. The van der Waals surface area contributed by atoms with Gasteiger partial charge in [0.1, 0.15) is 0 Å². The molecule has 0 spiro atoms. The fourth-order valence-electron chi connectivity index (χ4n) is 3.43. The highest BCUT2D eigenvalue weighted by molar-refractivity contribution is 5.86. The summed E-state index contributed by atoms with van der Waals surface area (Å²) in [4.78, 5) is 26.1. The molecule has 1 fully saturated rings. The van der Waals surface area contributed by atoms with Gasteiger partial charge in [0, 0.05) is 29.3 Å². The Balaban J connectivity index is 2.02. The van der Waals surface area contributed by atoms with Crippen molar-refractivity contribution in [2.45, 2.75) is 59.0 Å². The van der Waals surface area contributed by atoms with E-state index >= 15 is 0 Å². The highest BCUT2D eigenvalue weighted by atomic mass is 16.2. The van der Waals surface area contributed by atoms with Crippen LogP contribution in [0.15, 0.2) is 12.1 Å². The van der Waals surface area contributed by atoms with Gasteiger partial charge in [-0.2, -0.15) is 0 Å². The van der Waals surface area contributed by atoms with E-state index in [1.807, 2.05) is 32.9 Å². The third kappa shape index (κ3) is 5.05. The van der Waals surface area contributed by atoms with E-state index in [0.717, 1.165) is 50.7 Å². The number of piperidine rings is 1. The molecule has 1 heterocycles. The van der Waals surface area contributed by atoms with E-state index in [1.54, 1.807) is 0 Å². The van der Waals surface area contributed by atoms with E-state index in [2.05, 4.69) is 17.1 Å². The summed E-state index contributed by atoms with van der Waals surface area (Å²) >= 11 is 0. The normalized spacial score (nSPS) is 16.6. The smallest absolute Gasteiger partial charge is 0.223 e. The standard InChI is InChI=1S/C20H31N3O2/c1-5-14-6-7-18(21)17(13-24)16(14)12-23-10-8-15(9-11-23)19(25)22-20(2,3)4/h6-7,13,15H,5,8-12,21H2,1-4H3,(H,22,25). The molecule has 1 amide bonds. The van der Waals surface area contributed by atoms with Gasteiger partial charge in [0.25, 0.3) is 0 Å². The van der Waals surface area contributed by atoms with E-state index < -0.39 is 0 Å². The van der Waals surface area contributed by atoms with Crippen LogP contribution in [0.1, 0.15) is 62.0 Å². The van der Waals surface area contributed by atoms with Crippen LogP contribution >= 0.6 is 0 Å². The van der Waals surface area contributed by atoms with Crippen LogP contribution in [0, 0.1) is 5.92 Å². The van der Waals surface area contributed by atoms with Crippen molar-refractivity contribution in [3.05, 3.63) is 28.8 Å². The molecule has 1 aliphatic heterocycles. The van der Waals surface area contributed by atoms with Crippen molar-refractivity contribution in [1.29, 1.82) is 0 Å². The van der Waals surface area contributed by atoms with Gasteiger partial charge in [0.05, 0.1) is 0 Å². The zero-order chi connectivity index (χ0) is 18.6. The number of benzene rings is 1. The minimum Gasteiger partial charge on any atom is -0.398 e. The van der Waals surface area contributed by atoms with E-state index in [9.17, 15) is 9.59 Å². The summed E-state index contributed by atoms with van der Waals surface area (Å²) in [6.45, 7) is 10.5. The second-order valence-corrected chi connectivity index (χ2v) is 7.97. The molecule has 0 aliphatic carbocycles. The Morgan fingerprint density at radius 1 is 1.32 bits per heavy atom. The molecule has 0 bridgehead atoms. The Kier molecular flexibility index (Phi) is 6.22. The molecule has 138 valence electrons. The molecule has 0 aromatic heterocycles. The minimum atomic E-state index is -0.190. The minimum absolute atomic E-state index is 0.0764. The second-order valence-electron chi connectivity index (χ2n) is 7.97. The molecule has 5 heteroatoms. The summed E-state index contributed by atoms with van der Waals surface area (Å²) in [5.41, 5.74) is 9.16. The number of nitrogens with zero attached hydrogens (tertiary/aromatic N) is 1. The summed E-state index contributed by atoms with van der Waals surface area (Å²) in [5.74, 6) is 0.228. The van der Waals surface area contributed by atoms with Crippen molar-refractivity contribution in [2.75, 3.05) is 18.8 Å². The fraction of sp³-hybridized carbons (Fsp3) is 0.600. The highest BCUT2D eigenvalue weighted by Gasteiger charge is 2.28. The summed E-state index contributed by atoms with van der Waals surface area (Å²) in [6, 6.07) is 3.83. The van der Waals surface area contributed by atoms with Gasteiger partial charge in [-0.1, -0.05) is 13.0 Å². The van der Waals surface area contributed by atoms with Crippen LogP contribution in [0.3, 0.4) is 0 Å². The lowest BCUT2D eigenvalue weighted by Crippen LogP contribution is -2.46. The highest BCUT2D eigenvalue weighted by Crippen LogP contribution is 2.25. The Morgan fingerprint density at radius 2 is 1.96 bits per heavy atom. The van der Waals surface area contributed by atoms with Crippen LogP contribution in [0.4, 0.5) is 5.69 Å². The molecule has 25 heavy (non-hydrogen) atoms. The van der Waals surface area contributed by atoms with Crippen molar-refractivity contribution >= 4 is 17.9 Å². The zero-order valence-corrected chi connectivity index (χ0v) is 15.9. The Hall–Kier alpha value is -1.88. The fourth-order valence-corrected chi connectivity index (χ4v) is 3.43. The lowest BCUT2D eigenvalue weighted by Gasteiger charge is -2.33. The number of carbonyl (C=O) groups is 2. The number of carbonyl (C=O) groups excluding carboxylic acids is 2. The molecule has 1 aromatic carbocycles. The van der Waals surface area contributed by atoms with Crippen molar-refractivity contribution in [3.8, 4) is 0 Å². The third-order valence-corrected chi connectivity index (χ3v) is 4.82. The maximum absolute atomic E-state index is 12.3. The monoisotopic (exact) mass is 345 g/mol. The first-order valence-corrected chi connectivity index (χ1v) is 9.15. The number of nitrogens with one attached hydrogen (secondary N) is 1. The summed E-state index contributed by atoms with van der Waals surface area (Å²) in [5, 5.41) is 3.08. The first-order valence-electron chi connectivity index (χ1n) is 9.15. The molecule has 0 unspecified atom stereocenters. The first-order chi connectivity index (χ1) is 11.7. The SMILES string of the molecule is CCc1ccc(N)c(C=O)c1CN1CCC(C(=O)NC(C)(C)C)CC1. The van der Waals surface area contributed by atoms with Gasteiger partial charge in [-0.15, -0.1) is 0 Å². The van der Waals surface area contributed by atoms with Gasteiger partial charge in [-0.3, -0.25) is 14.5 Å². The predicted octanol–water partition coefficient (Wildman–Crippen LogP) is 2.77. The van der Waals surface area contributed by atoms with Gasteiger partial charge in [0.2, 0.25) is 5.91 Å². The van der Waals surface area contributed by atoms with E-state index in [1.165, 1.54) is 5.56 Å². The zero-order valence-electron chi connectivity index (χ0n) is 15.9. The average molecular weight is 345 g/mol. The second kappa shape index (κ2) is 8.00. The number of likely N-dealkylation sites (tertiary alicyclic amines) is 1. The molecule has 5 nitrogen and oxygen atoms in total. The number of amides is 1. The third-order valence-electron chi connectivity index (χ3n) is 4.82. The number of hydrogen-bond donors (Lipinski definition) is 2. The summed E-state index contributed by atoms with van der Waals surface area (Å²) < 4.78 is 0. The molecule has 3 N–H and O–H groups in total. The number of aryl methyl sites for hydroxylation is 1. The Labute approximate surface area is 151 Å². The topological polar surface area (TPSA) is 75.4 Å². The van der Waals surface area contributed by atoms with Crippen molar-refractivity contribution in [1.82, 2.24) is 10.2 Å². The van der Waals surface area contributed by atoms with Crippen molar-refractivity contribution in [2.24, 2.45) is 5.92 Å². The molecule has 1 aliphatic rings. The van der Waals surface area contributed by atoms with Gasteiger partial charge in [0.15, 0.2) is 6.29 Å². The van der Waals surface area contributed by atoms with Crippen LogP contribution in [0.5, 0.6) is 0 Å². The molecule has 1 saturated heterocycles. The number of aldehydes is 1. The largest absolute Gasteiger partial charge is 0.398 e. The van der Waals surface area contributed by atoms with Crippen LogP contribution in [-0.2, 0) is 17.8 Å². The first kappa shape index (κ1) is 19.4. The molecular weight excluding hydrogens is 314 g/mol. The molecule has 0 saturated carbocycles. The van der Waals surface area contributed by atoms with Crippen LogP contribution in [-0.4, -0.2) is 35.7 Å². The summed E-state index contributed by atoms with van der Waals surface area (Å²) in [7, 11) is 0. The van der Waals surface area contributed by atoms with Gasteiger partial charge in [-0.25, -0.2) is 0 Å². The Morgan fingerprint density at radius 3 is 2.48 bits per heavy atom. The number of hydrogen-bond acceptors (Lipinski definition) is 4. The number of rotatable bonds is 5. The van der Waals surface area contributed by atoms with Crippen molar-refractivity contribution < 1.29 is 9.59 Å². The van der Waals surface area contributed by atoms with E-state index in [4.69, 9.17) is 5.73 Å². The average Bonchev–Trinajstić information content (AvgIpc) is 2.54. The maximum atomic E-state index is 12.3. The van der Waals surface area contributed by atoms with E-state index in [-0.39, 0.29) is 17.4 Å². The number of nitrogens with two attached hydrogens (primary N) is 1. The van der Waals surface area contributed by atoms with Crippen molar-refractivity contribution in [3.63, 3.8) is 0 Å². The quantitative estimate of drug-likeness (QED) is 0.635. The van der Waals surface area contributed by atoms with Gasteiger partial charge < -0.3 is 11.1 Å². The van der Waals surface area contributed by atoms with Crippen LogP contribution in [0.2, 0.25) is 0 Å². The van der Waals surface area contributed by atoms with Crippen LogP contribution < -0.4 is 11.1 Å². The van der Waals surface area contributed by atoms with Gasteiger partial charge >= 0.3 is 0 Å². The van der Waals surface area contributed by atoms with Gasteiger partial charge in [-0.05, 0) is 70.3 Å². The lowest BCUT2D eigenvalue weighted by molar-refractivity contribution is -0.127. The lowest BCUT2D eigenvalue weighted by atomic mass is 9.93. The molecular formula is C20H31N3O2. The predicted molar refractivity (Wildman–Crippen MR) is 102 cm³/mol. The van der Waals surface area contributed by atoms with Crippen LogP contribution in [0.25, 0.3) is 0 Å². The molecule has 0 radical (unpaired) electrons. The Bertz CT molecular complexity index is 627. The molecule has 2 rings (SSSR count). The van der Waals surface area contributed by atoms with E-state index in [0.29, 0.717) is 11.3 Å². The maximum Gasteiger partial charge on any atom is 0.223 e. The molecule has 1 aromatic rings.